The summed E-state index contributed by atoms with van der Waals surface area (Å²) in [5.41, 5.74) is 7.43. The van der Waals surface area contributed by atoms with Crippen molar-refractivity contribution in [2.45, 2.75) is 26.4 Å². The van der Waals surface area contributed by atoms with E-state index in [-0.39, 0.29) is 6.10 Å². The normalized spacial score (nSPS) is 12.2. The van der Waals surface area contributed by atoms with E-state index in [1.807, 2.05) is 26.0 Å². The number of ether oxygens (including phenoxy) is 1. The Bertz CT molecular complexity index is 336. The highest BCUT2D eigenvalue weighted by molar-refractivity contribution is 5.30. The standard InChI is InChI=1S/C12H18N2O/c1-4-10(3)15-12-6-5-9(2)14-11(12)7-8-13/h4-6,10H,1,7-8,13H2,2-3H3. The van der Waals surface area contributed by atoms with Gasteiger partial charge >= 0.3 is 0 Å². The molecule has 0 aliphatic carbocycles. The summed E-state index contributed by atoms with van der Waals surface area (Å²) < 4.78 is 5.67. The molecule has 1 unspecified atom stereocenters. The summed E-state index contributed by atoms with van der Waals surface area (Å²) in [6, 6.07) is 3.87. The van der Waals surface area contributed by atoms with E-state index < -0.39 is 0 Å². The van der Waals surface area contributed by atoms with Gasteiger partial charge < -0.3 is 10.5 Å². The number of nitrogens with zero attached hydrogens (tertiary/aromatic N) is 1. The van der Waals surface area contributed by atoms with Crippen LogP contribution in [0.5, 0.6) is 5.75 Å². The minimum Gasteiger partial charge on any atom is -0.485 e. The summed E-state index contributed by atoms with van der Waals surface area (Å²) in [5, 5.41) is 0. The van der Waals surface area contributed by atoms with Gasteiger partial charge in [0, 0.05) is 12.1 Å². The van der Waals surface area contributed by atoms with E-state index in [9.17, 15) is 0 Å². The van der Waals surface area contributed by atoms with Gasteiger partial charge in [-0.05, 0) is 32.5 Å². The summed E-state index contributed by atoms with van der Waals surface area (Å²) >= 11 is 0. The Morgan fingerprint density at radius 2 is 2.33 bits per heavy atom. The van der Waals surface area contributed by atoms with E-state index in [2.05, 4.69) is 11.6 Å². The first-order valence-electron chi connectivity index (χ1n) is 5.13. The zero-order valence-corrected chi connectivity index (χ0v) is 9.36. The topological polar surface area (TPSA) is 48.1 Å². The molecule has 0 radical (unpaired) electrons. The van der Waals surface area contributed by atoms with Gasteiger partial charge in [-0.1, -0.05) is 12.7 Å². The van der Waals surface area contributed by atoms with Crippen LogP contribution < -0.4 is 10.5 Å². The minimum atomic E-state index is -0.00830. The molecule has 2 N–H and O–H groups in total. The second-order valence-electron chi connectivity index (χ2n) is 3.49. The molecule has 0 fully saturated rings. The van der Waals surface area contributed by atoms with Crippen molar-refractivity contribution in [1.29, 1.82) is 0 Å². The number of hydrogen-bond donors (Lipinski definition) is 1. The lowest BCUT2D eigenvalue weighted by Gasteiger charge is -2.14. The van der Waals surface area contributed by atoms with Crippen LogP contribution in [-0.4, -0.2) is 17.6 Å². The van der Waals surface area contributed by atoms with E-state index in [1.165, 1.54) is 0 Å². The van der Waals surface area contributed by atoms with Crippen LogP contribution >= 0.6 is 0 Å². The minimum absolute atomic E-state index is 0.00830. The van der Waals surface area contributed by atoms with Crippen LogP contribution in [0.3, 0.4) is 0 Å². The Morgan fingerprint density at radius 1 is 1.60 bits per heavy atom. The SMILES string of the molecule is C=CC(C)Oc1ccc(C)nc1CCN. The van der Waals surface area contributed by atoms with Crippen molar-refractivity contribution in [3.63, 3.8) is 0 Å². The van der Waals surface area contributed by atoms with Gasteiger partial charge in [-0.3, -0.25) is 4.98 Å². The van der Waals surface area contributed by atoms with Crippen LogP contribution in [-0.2, 0) is 6.42 Å². The largest absolute Gasteiger partial charge is 0.485 e. The Hall–Kier alpha value is -1.35. The Labute approximate surface area is 91.0 Å². The monoisotopic (exact) mass is 206 g/mol. The highest BCUT2D eigenvalue weighted by atomic mass is 16.5. The predicted octanol–water partition coefficient (Wildman–Crippen LogP) is 1.84. The van der Waals surface area contributed by atoms with E-state index in [0.717, 1.165) is 23.6 Å². The molecule has 1 rings (SSSR count). The van der Waals surface area contributed by atoms with Gasteiger partial charge in [0.15, 0.2) is 0 Å². The van der Waals surface area contributed by atoms with Crippen molar-refractivity contribution in [3.05, 3.63) is 36.2 Å². The molecule has 1 atom stereocenters. The van der Waals surface area contributed by atoms with Crippen molar-refractivity contribution >= 4 is 0 Å². The third-order valence-electron chi connectivity index (χ3n) is 2.10. The van der Waals surface area contributed by atoms with Crippen molar-refractivity contribution in [1.82, 2.24) is 4.98 Å². The average molecular weight is 206 g/mol. The highest BCUT2D eigenvalue weighted by Crippen LogP contribution is 2.18. The molecule has 82 valence electrons. The summed E-state index contributed by atoms with van der Waals surface area (Å²) in [5.74, 6) is 0.804. The maximum Gasteiger partial charge on any atom is 0.141 e. The number of aryl methyl sites for hydroxylation is 1. The molecule has 0 saturated carbocycles. The lowest BCUT2D eigenvalue weighted by molar-refractivity contribution is 0.266. The van der Waals surface area contributed by atoms with Gasteiger partial charge in [0.2, 0.25) is 0 Å². The van der Waals surface area contributed by atoms with Gasteiger partial charge in [0.1, 0.15) is 11.9 Å². The van der Waals surface area contributed by atoms with Crippen molar-refractivity contribution < 1.29 is 4.74 Å². The fraction of sp³-hybridized carbons (Fsp3) is 0.417. The number of hydrogen-bond acceptors (Lipinski definition) is 3. The second kappa shape index (κ2) is 5.51. The van der Waals surface area contributed by atoms with Crippen LogP contribution in [0.1, 0.15) is 18.3 Å². The lowest BCUT2D eigenvalue weighted by Crippen LogP contribution is -2.12. The average Bonchev–Trinajstić information content (AvgIpc) is 2.22. The number of nitrogens with two attached hydrogens (primary N) is 1. The Morgan fingerprint density at radius 3 is 2.93 bits per heavy atom. The number of aromatic nitrogens is 1. The molecule has 0 saturated heterocycles. The number of pyridine rings is 1. The fourth-order valence-corrected chi connectivity index (χ4v) is 1.27. The molecule has 1 heterocycles. The van der Waals surface area contributed by atoms with E-state index in [4.69, 9.17) is 10.5 Å². The van der Waals surface area contributed by atoms with Crippen molar-refractivity contribution in [2.24, 2.45) is 5.73 Å². The van der Waals surface area contributed by atoms with E-state index in [0.29, 0.717) is 6.54 Å². The maximum absolute atomic E-state index is 5.67. The third kappa shape index (κ3) is 3.36. The fourth-order valence-electron chi connectivity index (χ4n) is 1.27. The quantitative estimate of drug-likeness (QED) is 0.748. The highest BCUT2D eigenvalue weighted by Gasteiger charge is 2.07. The first-order chi connectivity index (χ1) is 7.17. The van der Waals surface area contributed by atoms with Gasteiger partial charge in [0.25, 0.3) is 0 Å². The summed E-state index contributed by atoms with van der Waals surface area (Å²) in [6.07, 6.45) is 2.48. The second-order valence-corrected chi connectivity index (χ2v) is 3.49. The van der Waals surface area contributed by atoms with Gasteiger partial charge in [-0.2, -0.15) is 0 Å². The summed E-state index contributed by atoms with van der Waals surface area (Å²) in [4.78, 5) is 4.41. The lowest BCUT2D eigenvalue weighted by atomic mass is 10.2. The molecule has 0 aromatic carbocycles. The molecule has 0 bridgehead atoms. The third-order valence-corrected chi connectivity index (χ3v) is 2.10. The molecule has 3 heteroatoms. The van der Waals surface area contributed by atoms with Crippen LogP contribution in [0.25, 0.3) is 0 Å². The van der Waals surface area contributed by atoms with Crippen LogP contribution in [0.2, 0.25) is 0 Å². The summed E-state index contributed by atoms with van der Waals surface area (Å²) in [7, 11) is 0. The van der Waals surface area contributed by atoms with Crippen LogP contribution in [0, 0.1) is 6.92 Å². The summed E-state index contributed by atoms with van der Waals surface area (Å²) in [6.45, 7) is 8.16. The molecule has 3 nitrogen and oxygen atoms in total. The molecule has 0 aliphatic heterocycles. The molecular formula is C12H18N2O. The van der Waals surface area contributed by atoms with Crippen molar-refractivity contribution in [2.75, 3.05) is 6.54 Å². The first-order valence-corrected chi connectivity index (χ1v) is 5.13. The molecule has 15 heavy (non-hydrogen) atoms. The first kappa shape index (κ1) is 11.7. The Kier molecular flexibility index (Phi) is 4.31. The molecule has 0 spiro atoms. The van der Waals surface area contributed by atoms with Gasteiger partial charge in [-0.15, -0.1) is 0 Å². The van der Waals surface area contributed by atoms with Crippen LogP contribution in [0.4, 0.5) is 0 Å². The maximum atomic E-state index is 5.67. The molecule has 1 aromatic heterocycles. The predicted molar refractivity (Wildman–Crippen MR) is 62.0 cm³/mol. The molecule has 1 aromatic rings. The van der Waals surface area contributed by atoms with E-state index in [1.54, 1.807) is 6.08 Å². The van der Waals surface area contributed by atoms with Crippen molar-refractivity contribution in [3.8, 4) is 5.75 Å². The molecule has 0 aliphatic rings. The number of rotatable bonds is 5. The molecule has 0 amide bonds. The van der Waals surface area contributed by atoms with E-state index >= 15 is 0 Å². The zero-order chi connectivity index (χ0) is 11.3. The Balaban J connectivity index is 2.89. The zero-order valence-electron chi connectivity index (χ0n) is 9.36. The smallest absolute Gasteiger partial charge is 0.141 e. The van der Waals surface area contributed by atoms with Gasteiger partial charge in [-0.25, -0.2) is 0 Å². The van der Waals surface area contributed by atoms with Gasteiger partial charge in [0.05, 0.1) is 5.69 Å². The molecular weight excluding hydrogens is 188 g/mol. The van der Waals surface area contributed by atoms with Crippen LogP contribution in [0.15, 0.2) is 24.8 Å².